The number of benzene rings is 2. The first-order valence-corrected chi connectivity index (χ1v) is 9.72. The van der Waals surface area contributed by atoms with Crippen molar-refractivity contribution < 1.29 is 4.79 Å². The predicted molar refractivity (Wildman–Crippen MR) is 109 cm³/mol. The number of amides is 1. The van der Waals surface area contributed by atoms with Crippen molar-refractivity contribution in [2.24, 2.45) is 0 Å². The fraction of sp³-hybridized carbons (Fsp3) is 0.0526. The summed E-state index contributed by atoms with van der Waals surface area (Å²) >= 11 is 4.70. The highest BCUT2D eigenvalue weighted by Gasteiger charge is 2.25. The number of hydrogen-bond donors (Lipinski definition) is 1. The van der Waals surface area contributed by atoms with E-state index < -0.39 is 6.04 Å². The molecule has 0 aliphatic carbocycles. The van der Waals surface area contributed by atoms with Crippen LogP contribution in [0.4, 0.5) is 5.13 Å². The van der Waals surface area contributed by atoms with E-state index in [-0.39, 0.29) is 11.5 Å². The highest BCUT2D eigenvalue weighted by Crippen LogP contribution is 2.22. The van der Waals surface area contributed by atoms with Gasteiger partial charge in [-0.2, -0.15) is 0 Å². The molecule has 1 atom stereocenters. The Kier molecular flexibility index (Phi) is 4.83. The molecule has 1 amide bonds. The van der Waals surface area contributed by atoms with Crippen molar-refractivity contribution in [3.63, 3.8) is 0 Å². The minimum Gasteiger partial charge on any atom is -0.300 e. The van der Waals surface area contributed by atoms with Crippen LogP contribution in [0.3, 0.4) is 0 Å². The number of hydrogen-bond acceptors (Lipinski definition) is 5. The number of fused-ring (bicyclic) bond motifs is 1. The molecular formula is C19H13BrN4O2S. The van der Waals surface area contributed by atoms with Crippen molar-refractivity contribution in [3.8, 4) is 0 Å². The summed E-state index contributed by atoms with van der Waals surface area (Å²) in [5.41, 5.74) is 0.973. The number of anilines is 1. The number of carbonyl (C=O) groups excluding carboxylic acids is 1. The highest BCUT2D eigenvalue weighted by molar-refractivity contribution is 9.10. The van der Waals surface area contributed by atoms with E-state index >= 15 is 0 Å². The third kappa shape index (κ3) is 3.54. The van der Waals surface area contributed by atoms with Gasteiger partial charge in [0.25, 0.3) is 11.5 Å². The van der Waals surface area contributed by atoms with Crippen LogP contribution in [0.1, 0.15) is 11.6 Å². The maximum Gasteiger partial charge on any atom is 0.262 e. The van der Waals surface area contributed by atoms with Gasteiger partial charge in [0.1, 0.15) is 6.04 Å². The van der Waals surface area contributed by atoms with Crippen molar-refractivity contribution in [3.05, 3.63) is 86.8 Å². The van der Waals surface area contributed by atoms with Crippen LogP contribution in [0.5, 0.6) is 0 Å². The average Bonchev–Trinajstić information content (AvgIpc) is 3.18. The summed E-state index contributed by atoms with van der Waals surface area (Å²) in [4.78, 5) is 34.6. The van der Waals surface area contributed by atoms with Crippen LogP contribution >= 0.6 is 27.3 Å². The van der Waals surface area contributed by atoms with E-state index in [1.807, 2.05) is 36.4 Å². The van der Waals surface area contributed by atoms with E-state index in [4.69, 9.17) is 0 Å². The first-order chi connectivity index (χ1) is 13.1. The van der Waals surface area contributed by atoms with Gasteiger partial charge < -0.3 is 0 Å². The minimum absolute atomic E-state index is 0.288. The van der Waals surface area contributed by atoms with Crippen molar-refractivity contribution in [1.29, 1.82) is 0 Å². The predicted octanol–water partition coefficient (Wildman–Crippen LogP) is 3.84. The summed E-state index contributed by atoms with van der Waals surface area (Å²) in [6, 6.07) is 13.6. The van der Waals surface area contributed by atoms with Crippen LogP contribution in [0.25, 0.3) is 10.9 Å². The molecule has 27 heavy (non-hydrogen) atoms. The molecule has 6 nitrogen and oxygen atoms in total. The smallest absolute Gasteiger partial charge is 0.262 e. The molecule has 0 saturated heterocycles. The van der Waals surface area contributed by atoms with E-state index in [1.165, 1.54) is 22.2 Å². The lowest BCUT2D eigenvalue weighted by atomic mass is 10.1. The van der Waals surface area contributed by atoms with Gasteiger partial charge in [-0.05, 0) is 23.8 Å². The second kappa shape index (κ2) is 7.42. The maximum atomic E-state index is 13.1. The molecule has 0 radical (unpaired) electrons. The number of thiazole rings is 1. The molecule has 8 heteroatoms. The third-order valence-corrected chi connectivity index (χ3v) is 5.23. The second-order valence-corrected chi connectivity index (χ2v) is 7.57. The summed E-state index contributed by atoms with van der Waals surface area (Å²) < 4.78 is 2.13. The Morgan fingerprint density at radius 1 is 1.15 bits per heavy atom. The van der Waals surface area contributed by atoms with Crippen LogP contribution in [-0.2, 0) is 4.79 Å². The molecule has 4 rings (SSSR count). The fourth-order valence-electron chi connectivity index (χ4n) is 2.82. The summed E-state index contributed by atoms with van der Waals surface area (Å²) in [6.45, 7) is 0. The van der Waals surface area contributed by atoms with Crippen LogP contribution < -0.4 is 10.9 Å². The lowest BCUT2D eigenvalue weighted by molar-refractivity contribution is -0.118. The van der Waals surface area contributed by atoms with Crippen LogP contribution in [0.15, 0.2) is 75.7 Å². The molecule has 2 aromatic carbocycles. The monoisotopic (exact) mass is 440 g/mol. The Hall–Kier alpha value is -2.84. The number of aromatic nitrogens is 3. The lowest BCUT2D eigenvalue weighted by Crippen LogP contribution is -2.34. The Morgan fingerprint density at radius 2 is 1.96 bits per heavy atom. The van der Waals surface area contributed by atoms with E-state index in [9.17, 15) is 9.59 Å². The van der Waals surface area contributed by atoms with Crippen LogP contribution in [0.2, 0.25) is 0 Å². The van der Waals surface area contributed by atoms with Crippen LogP contribution in [-0.4, -0.2) is 20.4 Å². The van der Waals surface area contributed by atoms with E-state index in [0.29, 0.717) is 21.6 Å². The van der Waals surface area contributed by atoms with E-state index in [1.54, 1.807) is 23.7 Å². The van der Waals surface area contributed by atoms with Crippen molar-refractivity contribution in [2.75, 3.05) is 5.32 Å². The maximum absolute atomic E-state index is 13.1. The summed E-state index contributed by atoms with van der Waals surface area (Å²) in [7, 11) is 0. The largest absolute Gasteiger partial charge is 0.300 e. The van der Waals surface area contributed by atoms with Crippen molar-refractivity contribution >= 4 is 49.2 Å². The van der Waals surface area contributed by atoms with Gasteiger partial charge in [0.2, 0.25) is 0 Å². The second-order valence-electron chi connectivity index (χ2n) is 5.76. The number of halogens is 1. The Bertz CT molecular complexity index is 1160. The molecule has 1 N–H and O–H groups in total. The fourth-order valence-corrected chi connectivity index (χ4v) is 3.72. The summed E-state index contributed by atoms with van der Waals surface area (Å²) in [6.07, 6.45) is 3.02. The van der Waals surface area contributed by atoms with Gasteiger partial charge in [0.15, 0.2) is 5.13 Å². The molecule has 4 aromatic rings. The summed E-state index contributed by atoms with van der Waals surface area (Å²) in [5.74, 6) is -0.352. The number of nitrogens with one attached hydrogen (secondary N) is 1. The number of carbonyl (C=O) groups is 1. The zero-order valence-corrected chi connectivity index (χ0v) is 16.3. The van der Waals surface area contributed by atoms with Gasteiger partial charge in [-0.1, -0.05) is 46.3 Å². The van der Waals surface area contributed by atoms with Crippen molar-refractivity contribution in [1.82, 2.24) is 14.5 Å². The molecule has 1 unspecified atom stereocenters. The van der Waals surface area contributed by atoms with Gasteiger partial charge >= 0.3 is 0 Å². The SMILES string of the molecule is O=C(Nc1nccs1)C(c1ccccc1)n1cnc2ccc(Br)cc2c1=O. The standard InChI is InChI=1S/C19H13BrN4O2S/c20-13-6-7-15-14(10-13)18(26)24(11-22-15)16(12-4-2-1-3-5-12)17(25)23-19-21-8-9-27-19/h1-11,16H,(H,21,23,25). The summed E-state index contributed by atoms with van der Waals surface area (Å²) in [5, 5.41) is 5.47. The lowest BCUT2D eigenvalue weighted by Gasteiger charge is -2.19. The molecule has 134 valence electrons. The van der Waals surface area contributed by atoms with Gasteiger partial charge in [-0.25, -0.2) is 9.97 Å². The van der Waals surface area contributed by atoms with Gasteiger partial charge in [0.05, 0.1) is 17.2 Å². The Balaban J connectivity index is 1.86. The van der Waals surface area contributed by atoms with Gasteiger partial charge in [0, 0.05) is 16.0 Å². The molecule has 2 aromatic heterocycles. The average molecular weight is 441 g/mol. The van der Waals surface area contributed by atoms with Crippen LogP contribution in [0, 0.1) is 0 Å². The van der Waals surface area contributed by atoms with Crippen molar-refractivity contribution in [2.45, 2.75) is 6.04 Å². The number of rotatable bonds is 4. The Labute approximate surface area is 166 Å². The van der Waals surface area contributed by atoms with Gasteiger partial charge in [-0.15, -0.1) is 11.3 Å². The molecule has 2 heterocycles. The topological polar surface area (TPSA) is 76.9 Å². The third-order valence-electron chi connectivity index (χ3n) is 4.05. The highest BCUT2D eigenvalue weighted by atomic mass is 79.9. The first-order valence-electron chi connectivity index (χ1n) is 8.05. The van der Waals surface area contributed by atoms with E-state index in [0.717, 1.165) is 4.47 Å². The molecule has 0 aliphatic rings. The zero-order chi connectivity index (χ0) is 18.8. The molecule has 0 aliphatic heterocycles. The quantitative estimate of drug-likeness (QED) is 0.522. The van der Waals surface area contributed by atoms with Gasteiger partial charge in [-0.3, -0.25) is 19.5 Å². The molecule has 0 spiro atoms. The normalized spacial score (nSPS) is 12.0. The first kappa shape index (κ1) is 17.6. The molecule has 0 saturated carbocycles. The molecule has 0 fully saturated rings. The van der Waals surface area contributed by atoms with E-state index in [2.05, 4.69) is 31.2 Å². The number of nitrogens with zero attached hydrogens (tertiary/aromatic N) is 3. The Morgan fingerprint density at radius 3 is 2.70 bits per heavy atom. The minimum atomic E-state index is -0.863. The molecule has 0 bridgehead atoms. The molecular weight excluding hydrogens is 428 g/mol. The zero-order valence-electron chi connectivity index (χ0n) is 13.9.